The average Bonchev–Trinajstić information content (AvgIpc) is 2.86. The fourth-order valence-corrected chi connectivity index (χ4v) is 2.18. The molecule has 0 aliphatic heterocycles. The highest BCUT2D eigenvalue weighted by Crippen LogP contribution is 2.12. The van der Waals surface area contributed by atoms with Gasteiger partial charge >= 0.3 is 0 Å². The lowest BCUT2D eigenvalue weighted by Gasteiger charge is -2.09. The number of nitrogen functional groups attached to an aromatic ring is 1. The minimum Gasteiger partial charge on any atom is -0.397 e. The molecule has 0 radical (unpaired) electrons. The summed E-state index contributed by atoms with van der Waals surface area (Å²) < 4.78 is 1.87. The highest BCUT2D eigenvalue weighted by Gasteiger charge is 2.12. The van der Waals surface area contributed by atoms with Crippen LogP contribution in [0.3, 0.4) is 0 Å². The quantitative estimate of drug-likeness (QED) is 0.759. The first-order valence-corrected chi connectivity index (χ1v) is 7.06. The van der Waals surface area contributed by atoms with E-state index >= 15 is 0 Å². The summed E-state index contributed by atoms with van der Waals surface area (Å²) in [5, 5.41) is 11.9. The lowest BCUT2D eigenvalue weighted by Crippen LogP contribution is -2.25. The van der Waals surface area contributed by atoms with Gasteiger partial charge in [0.15, 0.2) is 0 Å². The standard InChI is InChI=1S/C16H21N3O2/c1-2-7-19-10-14(17)8-15(19)16(21)18-9-12-3-5-13(11-20)6-4-12/h3-6,8,10,20H,2,7,9,11,17H2,1H3,(H,18,21). The largest absolute Gasteiger partial charge is 0.397 e. The Balaban J connectivity index is 2.00. The molecule has 0 aliphatic rings. The third-order valence-corrected chi connectivity index (χ3v) is 3.27. The number of aliphatic hydroxyl groups is 1. The SMILES string of the molecule is CCCn1cc(N)cc1C(=O)NCc1ccc(CO)cc1. The number of amides is 1. The average molecular weight is 287 g/mol. The summed E-state index contributed by atoms with van der Waals surface area (Å²) in [6, 6.07) is 9.18. The van der Waals surface area contributed by atoms with E-state index in [0.717, 1.165) is 24.1 Å². The number of anilines is 1. The molecule has 2 rings (SSSR count). The van der Waals surface area contributed by atoms with E-state index in [0.29, 0.717) is 17.9 Å². The Hall–Kier alpha value is -2.27. The van der Waals surface area contributed by atoms with Crippen LogP contribution in [-0.2, 0) is 19.7 Å². The Morgan fingerprint density at radius 3 is 2.57 bits per heavy atom. The van der Waals surface area contributed by atoms with Gasteiger partial charge < -0.3 is 20.7 Å². The lowest BCUT2D eigenvalue weighted by atomic mass is 10.1. The molecule has 4 N–H and O–H groups in total. The number of hydrogen-bond acceptors (Lipinski definition) is 3. The zero-order chi connectivity index (χ0) is 15.2. The number of carbonyl (C=O) groups is 1. The van der Waals surface area contributed by atoms with E-state index in [1.54, 1.807) is 12.3 Å². The second-order valence-corrected chi connectivity index (χ2v) is 5.01. The van der Waals surface area contributed by atoms with Crippen molar-refractivity contribution < 1.29 is 9.90 Å². The Kier molecular flexibility index (Phi) is 5.00. The van der Waals surface area contributed by atoms with E-state index < -0.39 is 0 Å². The topological polar surface area (TPSA) is 80.3 Å². The van der Waals surface area contributed by atoms with E-state index in [1.807, 2.05) is 28.8 Å². The Morgan fingerprint density at radius 1 is 1.29 bits per heavy atom. The van der Waals surface area contributed by atoms with Crippen LogP contribution in [0.5, 0.6) is 0 Å². The van der Waals surface area contributed by atoms with Crippen molar-refractivity contribution in [2.24, 2.45) is 0 Å². The predicted octanol–water partition coefficient (Wildman–Crippen LogP) is 1.90. The molecular weight excluding hydrogens is 266 g/mol. The molecule has 21 heavy (non-hydrogen) atoms. The zero-order valence-corrected chi connectivity index (χ0v) is 12.2. The second kappa shape index (κ2) is 6.95. The van der Waals surface area contributed by atoms with Crippen molar-refractivity contribution in [2.75, 3.05) is 5.73 Å². The molecule has 5 nitrogen and oxygen atoms in total. The molecule has 1 amide bonds. The van der Waals surface area contributed by atoms with Gasteiger partial charge in [0.1, 0.15) is 5.69 Å². The van der Waals surface area contributed by atoms with Gasteiger partial charge in [-0.1, -0.05) is 31.2 Å². The van der Waals surface area contributed by atoms with Crippen LogP contribution in [0.25, 0.3) is 0 Å². The zero-order valence-electron chi connectivity index (χ0n) is 12.2. The molecule has 0 bridgehead atoms. The third kappa shape index (κ3) is 3.86. The summed E-state index contributed by atoms with van der Waals surface area (Å²) in [6.07, 6.45) is 2.73. The van der Waals surface area contributed by atoms with Crippen LogP contribution in [-0.4, -0.2) is 15.6 Å². The van der Waals surface area contributed by atoms with E-state index in [9.17, 15) is 4.79 Å². The van der Waals surface area contributed by atoms with Gasteiger partial charge in [-0.15, -0.1) is 0 Å². The molecule has 0 unspecified atom stereocenters. The predicted molar refractivity (Wildman–Crippen MR) is 82.7 cm³/mol. The highest BCUT2D eigenvalue weighted by atomic mass is 16.3. The number of nitrogens with one attached hydrogen (secondary N) is 1. The van der Waals surface area contributed by atoms with Crippen molar-refractivity contribution in [3.05, 3.63) is 53.3 Å². The third-order valence-electron chi connectivity index (χ3n) is 3.27. The van der Waals surface area contributed by atoms with E-state index in [-0.39, 0.29) is 12.5 Å². The minimum atomic E-state index is -0.133. The van der Waals surface area contributed by atoms with Crippen LogP contribution in [0.15, 0.2) is 36.5 Å². The van der Waals surface area contributed by atoms with Crippen molar-refractivity contribution in [3.8, 4) is 0 Å². The van der Waals surface area contributed by atoms with Crippen LogP contribution < -0.4 is 11.1 Å². The Morgan fingerprint density at radius 2 is 1.95 bits per heavy atom. The minimum absolute atomic E-state index is 0.0243. The van der Waals surface area contributed by atoms with E-state index in [2.05, 4.69) is 12.2 Å². The molecule has 0 saturated heterocycles. The van der Waals surface area contributed by atoms with Gasteiger partial charge in [-0.3, -0.25) is 4.79 Å². The van der Waals surface area contributed by atoms with Gasteiger partial charge in [0, 0.05) is 19.3 Å². The van der Waals surface area contributed by atoms with Gasteiger partial charge in [-0.2, -0.15) is 0 Å². The number of benzene rings is 1. The number of aryl methyl sites for hydroxylation is 1. The first kappa shape index (κ1) is 15.1. The normalized spacial score (nSPS) is 10.6. The Labute approximate surface area is 124 Å². The van der Waals surface area contributed by atoms with Crippen LogP contribution in [0.2, 0.25) is 0 Å². The molecule has 112 valence electrons. The Bertz CT molecular complexity index is 602. The molecule has 1 aromatic heterocycles. The van der Waals surface area contributed by atoms with Crippen LogP contribution in [0.1, 0.15) is 35.0 Å². The molecule has 1 heterocycles. The fraction of sp³-hybridized carbons (Fsp3) is 0.312. The number of rotatable bonds is 6. The van der Waals surface area contributed by atoms with Gasteiger partial charge in [0.05, 0.1) is 12.3 Å². The summed E-state index contributed by atoms with van der Waals surface area (Å²) in [4.78, 5) is 12.2. The first-order chi connectivity index (χ1) is 10.1. The highest BCUT2D eigenvalue weighted by molar-refractivity contribution is 5.93. The maximum Gasteiger partial charge on any atom is 0.268 e. The molecule has 0 saturated carbocycles. The van der Waals surface area contributed by atoms with Crippen molar-refractivity contribution in [2.45, 2.75) is 33.0 Å². The van der Waals surface area contributed by atoms with Crippen molar-refractivity contribution >= 4 is 11.6 Å². The number of aromatic nitrogens is 1. The van der Waals surface area contributed by atoms with E-state index in [1.165, 1.54) is 0 Å². The number of hydrogen-bond donors (Lipinski definition) is 3. The smallest absolute Gasteiger partial charge is 0.268 e. The molecule has 0 atom stereocenters. The number of carbonyl (C=O) groups excluding carboxylic acids is 1. The number of nitrogens with zero attached hydrogens (tertiary/aromatic N) is 1. The van der Waals surface area contributed by atoms with Crippen LogP contribution >= 0.6 is 0 Å². The molecule has 0 spiro atoms. The van der Waals surface area contributed by atoms with Gasteiger partial charge in [0.25, 0.3) is 5.91 Å². The summed E-state index contributed by atoms with van der Waals surface area (Å²) >= 11 is 0. The molecular formula is C16H21N3O2. The summed E-state index contributed by atoms with van der Waals surface area (Å²) in [5.41, 5.74) is 8.79. The van der Waals surface area contributed by atoms with Gasteiger partial charge in [-0.05, 0) is 23.6 Å². The fourth-order valence-electron chi connectivity index (χ4n) is 2.18. The van der Waals surface area contributed by atoms with Crippen molar-refractivity contribution in [3.63, 3.8) is 0 Å². The maximum atomic E-state index is 12.2. The van der Waals surface area contributed by atoms with Crippen molar-refractivity contribution in [1.29, 1.82) is 0 Å². The molecule has 5 heteroatoms. The van der Waals surface area contributed by atoms with Gasteiger partial charge in [-0.25, -0.2) is 0 Å². The first-order valence-electron chi connectivity index (χ1n) is 7.06. The maximum absolute atomic E-state index is 12.2. The monoisotopic (exact) mass is 287 g/mol. The molecule has 0 aliphatic carbocycles. The lowest BCUT2D eigenvalue weighted by molar-refractivity contribution is 0.0941. The van der Waals surface area contributed by atoms with Gasteiger partial charge in [0.2, 0.25) is 0 Å². The number of nitrogens with two attached hydrogens (primary N) is 1. The van der Waals surface area contributed by atoms with E-state index in [4.69, 9.17) is 10.8 Å². The van der Waals surface area contributed by atoms with Crippen LogP contribution in [0.4, 0.5) is 5.69 Å². The molecule has 2 aromatic rings. The summed E-state index contributed by atoms with van der Waals surface area (Å²) in [7, 11) is 0. The van der Waals surface area contributed by atoms with Crippen LogP contribution in [0, 0.1) is 0 Å². The summed E-state index contributed by atoms with van der Waals surface area (Å²) in [6.45, 7) is 3.30. The molecule has 0 fully saturated rings. The summed E-state index contributed by atoms with van der Waals surface area (Å²) in [5.74, 6) is -0.133. The van der Waals surface area contributed by atoms with Crippen molar-refractivity contribution in [1.82, 2.24) is 9.88 Å². The second-order valence-electron chi connectivity index (χ2n) is 5.01. The molecule has 1 aromatic carbocycles. The number of aliphatic hydroxyl groups excluding tert-OH is 1.